The highest BCUT2D eigenvalue weighted by atomic mass is 15.2. The van der Waals surface area contributed by atoms with Crippen LogP contribution in [0.2, 0.25) is 0 Å². The minimum absolute atomic E-state index is 0.461. The largest absolute Gasteiger partial charge is 0.356 e. The van der Waals surface area contributed by atoms with E-state index in [1.807, 2.05) is 6.20 Å². The third-order valence-electron chi connectivity index (χ3n) is 6.40. The van der Waals surface area contributed by atoms with Crippen molar-refractivity contribution in [2.24, 2.45) is 0 Å². The smallest absolute Gasteiger partial charge is 0.224 e. The molecule has 2 aliphatic rings. The van der Waals surface area contributed by atoms with Gasteiger partial charge in [-0.3, -0.25) is 0 Å². The van der Waals surface area contributed by atoms with Crippen LogP contribution in [0.5, 0.6) is 0 Å². The maximum atomic E-state index is 4.85. The molecule has 1 unspecified atom stereocenters. The monoisotopic (exact) mass is 413 g/mol. The fourth-order valence-corrected chi connectivity index (χ4v) is 4.63. The van der Waals surface area contributed by atoms with Crippen LogP contribution in [0.15, 0.2) is 24.4 Å². The van der Waals surface area contributed by atoms with Gasteiger partial charge >= 0.3 is 0 Å². The lowest BCUT2D eigenvalue weighted by Gasteiger charge is -2.33. The summed E-state index contributed by atoms with van der Waals surface area (Å²) in [6, 6.07) is 2.53. The highest BCUT2D eigenvalue weighted by molar-refractivity contribution is 5.43. The molecule has 0 amide bonds. The number of likely N-dealkylation sites (tertiary alicyclic amines) is 1. The van der Waals surface area contributed by atoms with Crippen LogP contribution >= 0.6 is 0 Å². The first-order chi connectivity index (χ1) is 14.8. The zero-order chi connectivity index (χ0) is 20.9. The van der Waals surface area contributed by atoms with Crippen molar-refractivity contribution in [2.75, 3.05) is 42.9 Å². The van der Waals surface area contributed by atoms with E-state index in [-0.39, 0.29) is 0 Å². The molecule has 2 aliphatic heterocycles. The van der Waals surface area contributed by atoms with Gasteiger partial charge in [0.25, 0.3) is 0 Å². The van der Waals surface area contributed by atoms with Crippen molar-refractivity contribution in [1.29, 1.82) is 0 Å². The average molecular weight is 414 g/mol. The molecule has 5 nitrogen and oxygen atoms in total. The zero-order valence-electron chi connectivity index (χ0n) is 19.2. The lowest BCUT2D eigenvalue weighted by atomic mass is 10.1. The third-order valence-corrected chi connectivity index (χ3v) is 6.40. The van der Waals surface area contributed by atoms with Gasteiger partial charge in [-0.05, 0) is 70.5 Å². The topological polar surface area (TPSA) is 44.3 Å². The number of unbranched alkanes of at least 4 members (excludes halogenated alkanes) is 4. The number of hydrogen-bond donors (Lipinski definition) is 1. The number of rotatable bonds is 11. The second kappa shape index (κ2) is 13.6. The average Bonchev–Trinajstić information content (AvgIpc) is 3.06. The molecule has 30 heavy (non-hydrogen) atoms. The van der Waals surface area contributed by atoms with Crippen LogP contribution in [0.3, 0.4) is 0 Å². The van der Waals surface area contributed by atoms with Crippen molar-refractivity contribution in [3.05, 3.63) is 24.4 Å². The van der Waals surface area contributed by atoms with Crippen LogP contribution in [-0.2, 0) is 0 Å². The number of allylic oxidation sites excluding steroid dienone is 2. The zero-order valence-corrected chi connectivity index (χ0v) is 19.2. The van der Waals surface area contributed by atoms with E-state index in [1.165, 1.54) is 90.1 Å². The molecule has 0 aliphatic carbocycles. The van der Waals surface area contributed by atoms with E-state index in [1.54, 1.807) is 0 Å². The molecule has 1 atom stereocenters. The Balaban J connectivity index is 1.40. The Hall–Kier alpha value is -1.62. The van der Waals surface area contributed by atoms with Gasteiger partial charge in [0.05, 0.1) is 0 Å². The number of nitrogens with zero attached hydrogens (tertiary/aromatic N) is 4. The maximum Gasteiger partial charge on any atom is 0.224 e. The van der Waals surface area contributed by atoms with Crippen molar-refractivity contribution in [1.82, 2.24) is 14.9 Å². The summed E-state index contributed by atoms with van der Waals surface area (Å²) in [5.74, 6) is 1.89. The fourth-order valence-electron chi connectivity index (χ4n) is 4.63. The highest BCUT2D eigenvalue weighted by Crippen LogP contribution is 2.20. The van der Waals surface area contributed by atoms with Crippen LogP contribution in [0.25, 0.3) is 0 Å². The third kappa shape index (κ3) is 8.25. The summed E-state index contributed by atoms with van der Waals surface area (Å²) >= 11 is 0. The minimum Gasteiger partial charge on any atom is -0.356 e. The van der Waals surface area contributed by atoms with Crippen molar-refractivity contribution in [2.45, 2.75) is 90.0 Å². The lowest BCUT2D eigenvalue weighted by molar-refractivity contribution is 0.214. The number of piperidine rings is 1. The number of nitrogens with one attached hydrogen (secondary N) is 1. The normalized spacial score (nSPS) is 21.1. The summed E-state index contributed by atoms with van der Waals surface area (Å²) in [5, 5.41) is 3.63. The van der Waals surface area contributed by atoms with Gasteiger partial charge in [-0.2, -0.15) is 4.98 Å². The SMILES string of the molecule is CCCCCC=CCCCN1CCCC(Nc2nccc(N3CCCCCC3)n2)C1. The molecule has 2 saturated heterocycles. The lowest BCUT2D eigenvalue weighted by Crippen LogP contribution is -2.42. The van der Waals surface area contributed by atoms with Crippen LogP contribution in [0.1, 0.15) is 84.0 Å². The van der Waals surface area contributed by atoms with Crippen molar-refractivity contribution >= 4 is 11.8 Å². The molecule has 0 bridgehead atoms. The molecule has 2 fully saturated rings. The second-order valence-corrected chi connectivity index (χ2v) is 9.03. The molecular weight excluding hydrogens is 370 g/mol. The first-order valence-electron chi connectivity index (χ1n) is 12.6. The summed E-state index contributed by atoms with van der Waals surface area (Å²) in [7, 11) is 0. The minimum atomic E-state index is 0.461. The van der Waals surface area contributed by atoms with Gasteiger partial charge in [0, 0.05) is 31.9 Å². The molecule has 0 saturated carbocycles. The van der Waals surface area contributed by atoms with E-state index in [0.717, 1.165) is 31.4 Å². The van der Waals surface area contributed by atoms with Gasteiger partial charge in [0.15, 0.2) is 0 Å². The molecule has 1 aromatic heterocycles. The van der Waals surface area contributed by atoms with E-state index >= 15 is 0 Å². The quantitative estimate of drug-likeness (QED) is 0.375. The Morgan fingerprint density at radius 2 is 1.80 bits per heavy atom. The molecular formula is C25H43N5. The maximum absolute atomic E-state index is 4.85. The first-order valence-corrected chi connectivity index (χ1v) is 12.6. The van der Waals surface area contributed by atoms with Crippen molar-refractivity contribution < 1.29 is 0 Å². The Bertz CT molecular complexity index is 609. The summed E-state index contributed by atoms with van der Waals surface area (Å²) in [5.41, 5.74) is 0. The number of hydrogen-bond acceptors (Lipinski definition) is 5. The van der Waals surface area contributed by atoms with Crippen LogP contribution in [0, 0.1) is 0 Å². The van der Waals surface area contributed by atoms with Gasteiger partial charge in [-0.1, -0.05) is 44.8 Å². The molecule has 168 valence electrons. The van der Waals surface area contributed by atoms with E-state index in [9.17, 15) is 0 Å². The first kappa shape index (κ1) is 23.1. The molecule has 1 aromatic rings. The Morgan fingerprint density at radius 1 is 1.00 bits per heavy atom. The van der Waals surface area contributed by atoms with Gasteiger partial charge in [0.2, 0.25) is 5.95 Å². The number of anilines is 2. The molecule has 0 radical (unpaired) electrons. The molecule has 0 aromatic carbocycles. The molecule has 0 spiro atoms. The summed E-state index contributed by atoms with van der Waals surface area (Å²) < 4.78 is 0. The van der Waals surface area contributed by atoms with Gasteiger partial charge in [0.1, 0.15) is 5.82 Å². The van der Waals surface area contributed by atoms with Gasteiger partial charge < -0.3 is 15.1 Å². The Kier molecular flexibility index (Phi) is 10.5. The van der Waals surface area contributed by atoms with E-state index in [2.05, 4.69) is 45.2 Å². The molecule has 1 N–H and O–H groups in total. The Labute approximate surface area is 184 Å². The summed E-state index contributed by atoms with van der Waals surface area (Å²) in [6.45, 7) is 8.06. The second-order valence-electron chi connectivity index (χ2n) is 9.03. The van der Waals surface area contributed by atoms with Gasteiger partial charge in [-0.15, -0.1) is 0 Å². The predicted molar refractivity (Wildman–Crippen MR) is 128 cm³/mol. The highest BCUT2D eigenvalue weighted by Gasteiger charge is 2.20. The standard InChI is InChI=1S/C25H43N5/c1-2-3-4-5-6-7-8-11-18-29-19-14-15-23(22-29)27-25-26-17-16-24(28-25)30-20-12-9-10-13-21-30/h6-7,16-17,23H,2-5,8-15,18-22H2,1H3,(H,26,27,28). The molecule has 3 heterocycles. The number of aromatic nitrogens is 2. The van der Waals surface area contributed by atoms with E-state index in [0.29, 0.717) is 6.04 Å². The van der Waals surface area contributed by atoms with Crippen molar-refractivity contribution in [3.63, 3.8) is 0 Å². The van der Waals surface area contributed by atoms with Crippen LogP contribution in [-0.4, -0.2) is 53.6 Å². The Morgan fingerprint density at radius 3 is 2.60 bits per heavy atom. The van der Waals surface area contributed by atoms with E-state index < -0.39 is 0 Å². The van der Waals surface area contributed by atoms with Crippen LogP contribution < -0.4 is 10.2 Å². The van der Waals surface area contributed by atoms with E-state index in [4.69, 9.17) is 4.98 Å². The predicted octanol–water partition coefficient (Wildman–Crippen LogP) is 5.65. The van der Waals surface area contributed by atoms with Crippen LogP contribution in [0.4, 0.5) is 11.8 Å². The summed E-state index contributed by atoms with van der Waals surface area (Å²) in [6.07, 6.45) is 22.1. The fraction of sp³-hybridized carbons (Fsp3) is 0.760. The summed E-state index contributed by atoms with van der Waals surface area (Å²) in [4.78, 5) is 14.4. The van der Waals surface area contributed by atoms with Crippen molar-refractivity contribution in [3.8, 4) is 0 Å². The molecule has 5 heteroatoms. The molecule has 3 rings (SSSR count). The van der Waals surface area contributed by atoms with Gasteiger partial charge in [-0.25, -0.2) is 4.98 Å².